The number of ether oxygens (including phenoxy) is 1. The maximum Gasteiger partial charge on any atom is 0.139 e. The summed E-state index contributed by atoms with van der Waals surface area (Å²) in [6.45, 7) is 1.83. The third-order valence-electron chi connectivity index (χ3n) is 4.32. The number of aryl methyl sites for hydroxylation is 2. The summed E-state index contributed by atoms with van der Waals surface area (Å²) in [7, 11) is 1.77. The predicted octanol–water partition coefficient (Wildman–Crippen LogP) is 1.82. The molecule has 20 heavy (non-hydrogen) atoms. The fourth-order valence-corrected chi connectivity index (χ4v) is 3.31. The molecule has 0 saturated carbocycles. The molecule has 1 unspecified atom stereocenters. The third-order valence-corrected chi connectivity index (χ3v) is 4.54. The number of hydrogen-bond acceptors (Lipinski definition) is 4. The minimum absolute atomic E-state index is 0.284. The number of aromatic nitrogens is 1. The van der Waals surface area contributed by atoms with Crippen LogP contribution in [0.5, 0.6) is 0 Å². The van der Waals surface area contributed by atoms with Crippen LogP contribution in [0, 0.1) is 0 Å². The van der Waals surface area contributed by atoms with Crippen LogP contribution < -0.4 is 10.6 Å². The zero-order valence-corrected chi connectivity index (χ0v) is 12.7. The molecular weight excluding hydrogens is 270 g/mol. The monoisotopic (exact) mass is 291 g/mol. The molecule has 1 saturated heterocycles. The highest BCUT2D eigenvalue weighted by Crippen LogP contribution is 2.29. The van der Waals surface area contributed by atoms with Gasteiger partial charge in [0.05, 0.1) is 11.7 Å². The molecule has 0 amide bonds. The Morgan fingerprint density at radius 1 is 1.45 bits per heavy atom. The number of rotatable bonds is 3. The number of hydrogen-bond donors (Lipinski definition) is 1. The van der Waals surface area contributed by atoms with Crippen molar-refractivity contribution in [1.82, 2.24) is 4.98 Å². The summed E-state index contributed by atoms with van der Waals surface area (Å²) in [6, 6.07) is 2.17. The van der Waals surface area contributed by atoms with Crippen LogP contribution in [0.3, 0.4) is 0 Å². The molecule has 1 atom stereocenters. The van der Waals surface area contributed by atoms with Gasteiger partial charge in [-0.3, -0.25) is 0 Å². The largest absolute Gasteiger partial charge is 0.389 e. The molecule has 0 radical (unpaired) electrons. The Labute approximate surface area is 125 Å². The number of methoxy groups -OCH3 is 1. The number of nitrogens with zero attached hydrogens (tertiary/aromatic N) is 2. The van der Waals surface area contributed by atoms with Crippen molar-refractivity contribution in [3.05, 3.63) is 22.9 Å². The predicted molar refractivity (Wildman–Crippen MR) is 84.4 cm³/mol. The van der Waals surface area contributed by atoms with E-state index in [0.29, 0.717) is 4.99 Å². The fraction of sp³-hybridized carbons (Fsp3) is 0.600. The molecule has 2 aliphatic rings. The molecule has 1 aliphatic heterocycles. The van der Waals surface area contributed by atoms with Gasteiger partial charge in [0.1, 0.15) is 10.8 Å². The lowest BCUT2D eigenvalue weighted by atomic mass is 9.94. The van der Waals surface area contributed by atoms with Crippen molar-refractivity contribution < 1.29 is 4.74 Å². The SMILES string of the molecule is COC1CCN(c2nc3c(cc2C(N)=S)CCCC3)C1. The first-order chi connectivity index (χ1) is 9.69. The number of nitrogens with two attached hydrogens (primary N) is 1. The average molecular weight is 291 g/mol. The van der Waals surface area contributed by atoms with E-state index in [9.17, 15) is 0 Å². The lowest BCUT2D eigenvalue weighted by Gasteiger charge is -2.24. The zero-order valence-electron chi connectivity index (χ0n) is 11.9. The lowest BCUT2D eigenvalue weighted by Crippen LogP contribution is -2.27. The van der Waals surface area contributed by atoms with E-state index in [1.807, 2.05) is 0 Å². The molecule has 5 heteroatoms. The summed E-state index contributed by atoms with van der Waals surface area (Å²) < 4.78 is 5.44. The highest BCUT2D eigenvalue weighted by molar-refractivity contribution is 7.80. The van der Waals surface area contributed by atoms with Crippen LogP contribution in [0.1, 0.15) is 36.1 Å². The number of fused-ring (bicyclic) bond motifs is 1. The number of pyridine rings is 1. The molecule has 1 aliphatic carbocycles. The van der Waals surface area contributed by atoms with Crippen molar-refractivity contribution in [3.8, 4) is 0 Å². The number of anilines is 1. The number of thiocarbonyl (C=S) groups is 1. The van der Waals surface area contributed by atoms with Crippen LogP contribution in [0.2, 0.25) is 0 Å². The van der Waals surface area contributed by atoms with Gasteiger partial charge < -0.3 is 15.4 Å². The van der Waals surface area contributed by atoms with Crippen LogP contribution in [0.15, 0.2) is 6.07 Å². The second-order valence-electron chi connectivity index (χ2n) is 5.63. The maximum absolute atomic E-state index is 5.92. The minimum atomic E-state index is 0.284. The van der Waals surface area contributed by atoms with Gasteiger partial charge in [-0.15, -0.1) is 0 Å². The summed E-state index contributed by atoms with van der Waals surface area (Å²) >= 11 is 5.23. The lowest BCUT2D eigenvalue weighted by molar-refractivity contribution is 0.121. The Balaban J connectivity index is 1.98. The first-order valence-electron chi connectivity index (χ1n) is 7.29. The zero-order chi connectivity index (χ0) is 14.1. The van der Waals surface area contributed by atoms with Gasteiger partial charge in [0.2, 0.25) is 0 Å². The molecule has 4 nitrogen and oxygen atoms in total. The van der Waals surface area contributed by atoms with Gasteiger partial charge in [0, 0.05) is 25.9 Å². The van der Waals surface area contributed by atoms with Gasteiger partial charge in [0.15, 0.2) is 0 Å². The summed E-state index contributed by atoms with van der Waals surface area (Å²) in [4.78, 5) is 7.60. The highest BCUT2D eigenvalue weighted by Gasteiger charge is 2.27. The van der Waals surface area contributed by atoms with E-state index < -0.39 is 0 Å². The van der Waals surface area contributed by atoms with Gasteiger partial charge >= 0.3 is 0 Å². The van der Waals surface area contributed by atoms with E-state index in [4.69, 9.17) is 27.7 Å². The van der Waals surface area contributed by atoms with Crippen molar-refractivity contribution in [1.29, 1.82) is 0 Å². The minimum Gasteiger partial charge on any atom is -0.389 e. The summed E-state index contributed by atoms with van der Waals surface area (Å²) in [6.07, 6.45) is 5.95. The standard InChI is InChI=1S/C15H21N3OS/c1-19-11-6-7-18(9-11)15-12(14(16)20)8-10-4-2-3-5-13(10)17-15/h8,11H,2-7,9H2,1H3,(H2,16,20). The second-order valence-corrected chi connectivity index (χ2v) is 6.07. The maximum atomic E-state index is 5.92. The molecule has 2 heterocycles. The van der Waals surface area contributed by atoms with Crippen molar-refractivity contribution in [2.24, 2.45) is 5.73 Å². The molecule has 2 N–H and O–H groups in total. The molecule has 0 aromatic carbocycles. The Morgan fingerprint density at radius 3 is 2.95 bits per heavy atom. The summed E-state index contributed by atoms with van der Waals surface area (Å²) in [5, 5.41) is 0. The van der Waals surface area contributed by atoms with Crippen LogP contribution in [0.4, 0.5) is 5.82 Å². The third kappa shape index (κ3) is 2.52. The molecule has 1 fully saturated rings. The Bertz CT molecular complexity index is 532. The fourth-order valence-electron chi connectivity index (χ4n) is 3.16. The first kappa shape index (κ1) is 13.8. The second kappa shape index (κ2) is 5.66. The van der Waals surface area contributed by atoms with Crippen LogP contribution in [-0.2, 0) is 17.6 Å². The Hall–Kier alpha value is -1.20. The van der Waals surface area contributed by atoms with Gasteiger partial charge in [-0.05, 0) is 43.7 Å². The van der Waals surface area contributed by atoms with Gasteiger partial charge in [-0.25, -0.2) is 4.98 Å². The van der Waals surface area contributed by atoms with Crippen molar-refractivity contribution in [2.75, 3.05) is 25.1 Å². The first-order valence-corrected chi connectivity index (χ1v) is 7.70. The molecule has 108 valence electrons. The normalized spacial score (nSPS) is 21.9. The Kier molecular flexibility index (Phi) is 3.89. The van der Waals surface area contributed by atoms with Gasteiger partial charge in [-0.2, -0.15) is 0 Å². The quantitative estimate of drug-likeness (QED) is 0.861. The van der Waals surface area contributed by atoms with Crippen molar-refractivity contribution >= 4 is 23.0 Å². The van der Waals surface area contributed by atoms with Gasteiger partial charge in [-0.1, -0.05) is 12.2 Å². The average Bonchev–Trinajstić information content (AvgIpc) is 2.94. The van der Waals surface area contributed by atoms with E-state index in [-0.39, 0.29) is 6.10 Å². The molecule has 0 bridgehead atoms. The van der Waals surface area contributed by atoms with E-state index >= 15 is 0 Å². The summed E-state index contributed by atoms with van der Waals surface area (Å²) in [5.74, 6) is 0.956. The topological polar surface area (TPSA) is 51.4 Å². The highest BCUT2D eigenvalue weighted by atomic mass is 32.1. The molecule has 3 rings (SSSR count). The smallest absolute Gasteiger partial charge is 0.139 e. The van der Waals surface area contributed by atoms with Crippen molar-refractivity contribution in [3.63, 3.8) is 0 Å². The molecule has 1 aromatic heterocycles. The van der Waals surface area contributed by atoms with Crippen LogP contribution in [0.25, 0.3) is 0 Å². The van der Waals surface area contributed by atoms with Gasteiger partial charge in [0.25, 0.3) is 0 Å². The molecular formula is C15H21N3OS. The molecule has 1 aromatic rings. The summed E-state index contributed by atoms with van der Waals surface area (Å²) in [5.41, 5.74) is 9.40. The van der Waals surface area contributed by atoms with Crippen molar-refractivity contribution in [2.45, 2.75) is 38.2 Å². The van der Waals surface area contributed by atoms with Crippen LogP contribution in [-0.4, -0.2) is 36.3 Å². The Morgan fingerprint density at radius 2 is 2.25 bits per heavy atom. The van der Waals surface area contributed by atoms with E-state index in [2.05, 4.69) is 11.0 Å². The van der Waals surface area contributed by atoms with E-state index in [1.165, 1.54) is 24.1 Å². The van der Waals surface area contributed by atoms with E-state index in [0.717, 1.165) is 43.7 Å². The van der Waals surface area contributed by atoms with Crippen LogP contribution >= 0.6 is 12.2 Å². The van der Waals surface area contributed by atoms with E-state index in [1.54, 1.807) is 7.11 Å². The molecule has 0 spiro atoms.